The number of hydrogen-bond donors (Lipinski definition) is 2. The van der Waals surface area contributed by atoms with Gasteiger partial charge in [0.05, 0.1) is 16.5 Å². The fourth-order valence-corrected chi connectivity index (χ4v) is 4.01. The van der Waals surface area contributed by atoms with Gasteiger partial charge in [0.25, 0.3) is 5.91 Å². The zero-order valence-electron chi connectivity index (χ0n) is 14.7. The molecule has 11 heteroatoms. The van der Waals surface area contributed by atoms with E-state index in [1.54, 1.807) is 0 Å². The molecule has 2 aromatic rings. The molecule has 154 valence electrons. The Balaban J connectivity index is 2.30. The lowest BCUT2D eigenvalue weighted by Gasteiger charge is -2.27. The summed E-state index contributed by atoms with van der Waals surface area (Å²) in [6.07, 6.45) is -4.59. The minimum absolute atomic E-state index is 0.154. The average Bonchev–Trinajstić information content (AvgIpc) is 2.61. The van der Waals surface area contributed by atoms with E-state index in [-0.39, 0.29) is 5.69 Å². The second-order valence-electron chi connectivity index (χ2n) is 6.18. The van der Waals surface area contributed by atoms with Gasteiger partial charge in [0.15, 0.2) is 20.7 Å². The van der Waals surface area contributed by atoms with Crippen molar-refractivity contribution in [2.24, 2.45) is 0 Å². The quantitative estimate of drug-likeness (QED) is 0.560. The summed E-state index contributed by atoms with van der Waals surface area (Å²) in [4.78, 5) is 11.9. The Labute approximate surface area is 163 Å². The fourth-order valence-electron chi connectivity index (χ4n) is 2.38. The zero-order chi connectivity index (χ0) is 22.0. The molecule has 1 amide bonds. The summed E-state index contributed by atoms with van der Waals surface area (Å²) < 4.78 is 76.0. The molecular weight excluding hydrogens is 416 g/mol. The van der Waals surface area contributed by atoms with Crippen LogP contribution >= 0.6 is 0 Å². The molecule has 2 rings (SSSR count). The number of sulfone groups is 1. The van der Waals surface area contributed by atoms with Crippen molar-refractivity contribution in [2.45, 2.75) is 28.8 Å². The van der Waals surface area contributed by atoms with Crippen molar-refractivity contribution < 1.29 is 35.9 Å². The molecule has 0 heterocycles. The molecule has 0 saturated heterocycles. The second-order valence-corrected chi connectivity index (χ2v) is 8.22. The number of alkyl halides is 3. The first-order valence-electron chi connectivity index (χ1n) is 7.90. The van der Waals surface area contributed by atoms with Crippen LogP contribution < -0.4 is 5.32 Å². The van der Waals surface area contributed by atoms with Crippen molar-refractivity contribution in [3.8, 4) is 6.07 Å². The maximum Gasteiger partial charge on any atom is 0.416 e. The van der Waals surface area contributed by atoms with Crippen LogP contribution in [0.2, 0.25) is 0 Å². The molecular formula is C18H14F4N2O4S. The molecule has 0 aromatic heterocycles. The number of anilines is 1. The van der Waals surface area contributed by atoms with Crippen LogP contribution in [0.3, 0.4) is 0 Å². The van der Waals surface area contributed by atoms with E-state index in [0.29, 0.717) is 12.1 Å². The van der Waals surface area contributed by atoms with Gasteiger partial charge in [-0.1, -0.05) is 0 Å². The topological polar surface area (TPSA) is 107 Å². The second kappa shape index (κ2) is 7.81. The number of aliphatic hydroxyl groups is 1. The minimum atomic E-state index is -4.59. The maximum atomic E-state index is 13.0. The van der Waals surface area contributed by atoms with Gasteiger partial charge < -0.3 is 10.4 Å². The largest absolute Gasteiger partial charge is 0.416 e. The normalized spacial score (nSPS) is 15.1. The van der Waals surface area contributed by atoms with Crippen LogP contribution in [-0.2, 0) is 20.8 Å². The SMILES string of the molecule is CC(O)(C(=O)Nc1ccc(C(F)(F)F)cc1)C(C#N)S(=O)(=O)c1ccc(F)cc1. The average molecular weight is 430 g/mol. The van der Waals surface area contributed by atoms with Crippen molar-refractivity contribution in [2.75, 3.05) is 5.32 Å². The lowest BCUT2D eigenvalue weighted by atomic mass is 10.0. The molecule has 29 heavy (non-hydrogen) atoms. The van der Waals surface area contributed by atoms with Gasteiger partial charge in [-0.2, -0.15) is 18.4 Å². The monoisotopic (exact) mass is 430 g/mol. The number of rotatable bonds is 5. The lowest BCUT2D eigenvalue weighted by molar-refractivity contribution is -0.137. The number of amides is 1. The molecule has 0 bridgehead atoms. The van der Waals surface area contributed by atoms with Crippen LogP contribution in [0.15, 0.2) is 53.4 Å². The third kappa shape index (κ3) is 4.72. The van der Waals surface area contributed by atoms with Crippen molar-refractivity contribution >= 4 is 21.4 Å². The first-order valence-corrected chi connectivity index (χ1v) is 9.45. The molecule has 2 unspecified atom stereocenters. The van der Waals surface area contributed by atoms with E-state index >= 15 is 0 Å². The Morgan fingerprint density at radius 2 is 1.62 bits per heavy atom. The van der Waals surface area contributed by atoms with Crippen LogP contribution in [-0.4, -0.2) is 30.3 Å². The van der Waals surface area contributed by atoms with Gasteiger partial charge in [0.2, 0.25) is 0 Å². The lowest BCUT2D eigenvalue weighted by Crippen LogP contribution is -2.52. The van der Waals surface area contributed by atoms with Crippen LogP contribution in [0.25, 0.3) is 0 Å². The Morgan fingerprint density at radius 3 is 2.07 bits per heavy atom. The summed E-state index contributed by atoms with van der Waals surface area (Å²) in [6.45, 7) is 0.779. The van der Waals surface area contributed by atoms with Crippen molar-refractivity contribution in [3.05, 3.63) is 59.9 Å². The number of carbonyl (C=O) groups is 1. The fraction of sp³-hybridized carbons (Fsp3) is 0.222. The third-order valence-electron chi connectivity index (χ3n) is 4.01. The van der Waals surface area contributed by atoms with Crippen LogP contribution in [0, 0.1) is 17.1 Å². The van der Waals surface area contributed by atoms with Crippen LogP contribution in [0.4, 0.5) is 23.2 Å². The predicted octanol–water partition coefficient (Wildman–Crippen LogP) is 2.90. The van der Waals surface area contributed by atoms with Crippen LogP contribution in [0.1, 0.15) is 12.5 Å². The van der Waals surface area contributed by atoms with Crippen molar-refractivity contribution in [3.63, 3.8) is 0 Å². The number of halogens is 4. The molecule has 0 saturated carbocycles. The first-order chi connectivity index (χ1) is 13.3. The van der Waals surface area contributed by atoms with Gasteiger partial charge in [0.1, 0.15) is 5.82 Å². The molecule has 0 aliphatic rings. The third-order valence-corrected chi connectivity index (χ3v) is 6.12. The highest BCUT2D eigenvalue weighted by molar-refractivity contribution is 7.92. The summed E-state index contributed by atoms with van der Waals surface area (Å²) in [5, 5.41) is 19.6. The van der Waals surface area contributed by atoms with Gasteiger partial charge in [0, 0.05) is 5.69 Å². The Bertz CT molecular complexity index is 1040. The Morgan fingerprint density at radius 1 is 1.10 bits per heavy atom. The van der Waals surface area contributed by atoms with E-state index < -0.39 is 49.0 Å². The van der Waals surface area contributed by atoms with E-state index in [1.165, 1.54) is 6.07 Å². The summed E-state index contributed by atoms with van der Waals surface area (Å²) in [6, 6.07) is 7.94. The van der Waals surface area contributed by atoms with E-state index in [1.807, 2.05) is 0 Å². The summed E-state index contributed by atoms with van der Waals surface area (Å²) in [5.41, 5.74) is -3.90. The van der Waals surface area contributed by atoms with E-state index in [2.05, 4.69) is 5.32 Å². The highest BCUT2D eigenvalue weighted by Crippen LogP contribution is 2.30. The number of carbonyl (C=O) groups excluding carboxylic acids is 1. The van der Waals surface area contributed by atoms with E-state index in [9.17, 15) is 41.1 Å². The summed E-state index contributed by atoms with van der Waals surface area (Å²) in [7, 11) is -4.58. The van der Waals surface area contributed by atoms with E-state index in [0.717, 1.165) is 43.3 Å². The van der Waals surface area contributed by atoms with E-state index in [4.69, 9.17) is 0 Å². The van der Waals surface area contributed by atoms with Gasteiger partial charge in [-0.05, 0) is 55.5 Å². The molecule has 0 spiro atoms. The molecule has 0 radical (unpaired) electrons. The molecule has 2 atom stereocenters. The van der Waals surface area contributed by atoms with Gasteiger partial charge in [-0.15, -0.1) is 0 Å². The number of nitrogens with one attached hydrogen (secondary N) is 1. The van der Waals surface area contributed by atoms with Crippen LogP contribution in [0.5, 0.6) is 0 Å². The predicted molar refractivity (Wildman–Crippen MR) is 93.7 cm³/mol. The van der Waals surface area contributed by atoms with Crippen molar-refractivity contribution in [1.82, 2.24) is 0 Å². The number of nitriles is 1. The Kier molecular flexibility index (Phi) is 6.01. The number of benzene rings is 2. The molecule has 0 aliphatic heterocycles. The molecule has 0 fully saturated rings. The Hall–Kier alpha value is -2.97. The smallest absolute Gasteiger partial charge is 0.378 e. The van der Waals surface area contributed by atoms with Crippen molar-refractivity contribution in [1.29, 1.82) is 5.26 Å². The summed E-state index contributed by atoms with van der Waals surface area (Å²) in [5.74, 6) is -2.06. The van der Waals surface area contributed by atoms with Gasteiger partial charge in [-0.25, -0.2) is 12.8 Å². The maximum absolute atomic E-state index is 13.0. The first kappa shape index (κ1) is 22.3. The standard InChI is InChI=1S/C18H14F4N2O4S/c1-17(26,15(10-23)29(27,28)14-8-4-12(19)5-9-14)16(25)24-13-6-2-11(3-7-13)18(20,21)22/h2-9,15,26H,1H3,(H,24,25). The van der Waals surface area contributed by atoms with Gasteiger partial charge in [-0.3, -0.25) is 4.79 Å². The minimum Gasteiger partial charge on any atom is -0.378 e. The summed E-state index contributed by atoms with van der Waals surface area (Å²) >= 11 is 0. The highest BCUT2D eigenvalue weighted by Gasteiger charge is 2.48. The number of hydrogen-bond acceptors (Lipinski definition) is 5. The number of nitrogens with zero attached hydrogens (tertiary/aromatic N) is 1. The molecule has 6 nitrogen and oxygen atoms in total. The zero-order valence-corrected chi connectivity index (χ0v) is 15.6. The molecule has 0 aliphatic carbocycles. The molecule has 2 aromatic carbocycles. The molecule has 2 N–H and O–H groups in total. The van der Waals surface area contributed by atoms with Gasteiger partial charge >= 0.3 is 6.18 Å². The highest BCUT2D eigenvalue weighted by atomic mass is 32.2.